The van der Waals surface area contributed by atoms with Gasteiger partial charge in [0.05, 0.1) is 6.61 Å². The molecule has 1 saturated heterocycles. The van der Waals surface area contributed by atoms with Crippen molar-refractivity contribution in [3.05, 3.63) is 0 Å². The Bertz CT molecular complexity index is 207. The summed E-state index contributed by atoms with van der Waals surface area (Å²) in [4.78, 5) is 0. The summed E-state index contributed by atoms with van der Waals surface area (Å²) >= 11 is 0. The smallest absolute Gasteiger partial charge is 0.381 e. The monoisotopic (exact) mass is 209 g/mol. The van der Waals surface area contributed by atoms with Gasteiger partial charge in [0, 0.05) is 13.2 Å². The van der Waals surface area contributed by atoms with Crippen LogP contribution >= 0.6 is 0 Å². The molecule has 0 aromatic carbocycles. The normalized spacial score (nSPS) is 30.6. The van der Waals surface area contributed by atoms with E-state index >= 15 is 0 Å². The second-order valence-corrected chi connectivity index (χ2v) is 4.19. The fourth-order valence-corrected chi connectivity index (χ4v) is 1.77. The molecule has 0 aromatic rings. The van der Waals surface area contributed by atoms with E-state index in [1.54, 1.807) is 0 Å². The van der Waals surface area contributed by atoms with Crippen LogP contribution in [-0.2, 0) is 4.74 Å². The van der Waals surface area contributed by atoms with Crippen LogP contribution in [0.15, 0.2) is 0 Å². The zero-order chi connectivity index (χ0) is 10.2. The third-order valence-electron chi connectivity index (χ3n) is 3.05. The second-order valence-electron chi connectivity index (χ2n) is 4.19. The first kappa shape index (κ1) is 10.2. The van der Waals surface area contributed by atoms with E-state index in [1.165, 1.54) is 0 Å². The minimum atomic E-state index is -4.09. The van der Waals surface area contributed by atoms with E-state index in [4.69, 9.17) is 4.74 Å². The lowest BCUT2D eigenvalue weighted by Crippen LogP contribution is -2.46. The molecule has 1 aliphatic heterocycles. The van der Waals surface area contributed by atoms with E-state index in [0.29, 0.717) is 19.8 Å². The first-order chi connectivity index (χ1) is 6.54. The second kappa shape index (κ2) is 3.38. The summed E-state index contributed by atoms with van der Waals surface area (Å²) in [5.74, 6) is 0.259. The zero-order valence-corrected chi connectivity index (χ0v) is 7.86. The zero-order valence-electron chi connectivity index (χ0n) is 7.86. The maximum atomic E-state index is 12.5. The Labute approximate surface area is 80.8 Å². The maximum Gasteiger partial charge on any atom is 0.406 e. The van der Waals surface area contributed by atoms with Crippen molar-refractivity contribution in [1.29, 1.82) is 0 Å². The lowest BCUT2D eigenvalue weighted by Gasteiger charge is -2.22. The molecule has 2 nitrogen and oxygen atoms in total. The van der Waals surface area contributed by atoms with Crippen LogP contribution in [0.25, 0.3) is 0 Å². The lowest BCUT2D eigenvalue weighted by atomic mass is 10.1. The number of hydrogen-bond acceptors (Lipinski definition) is 2. The molecule has 2 fully saturated rings. The Morgan fingerprint density at radius 1 is 1.36 bits per heavy atom. The molecule has 0 bridgehead atoms. The minimum absolute atomic E-state index is 0.226. The molecule has 82 valence electrons. The highest BCUT2D eigenvalue weighted by Gasteiger charge is 2.63. The Kier molecular flexibility index (Phi) is 2.47. The van der Waals surface area contributed by atoms with Crippen LogP contribution in [0.3, 0.4) is 0 Å². The Morgan fingerprint density at radius 3 is 2.50 bits per heavy atom. The molecule has 0 radical (unpaired) electrons. The van der Waals surface area contributed by atoms with Crippen LogP contribution in [0.2, 0.25) is 0 Å². The van der Waals surface area contributed by atoms with Crippen molar-refractivity contribution in [2.45, 2.75) is 31.0 Å². The third-order valence-corrected chi connectivity index (χ3v) is 3.05. The van der Waals surface area contributed by atoms with Crippen LogP contribution < -0.4 is 5.32 Å². The predicted molar refractivity (Wildman–Crippen MR) is 44.9 cm³/mol. The topological polar surface area (TPSA) is 21.3 Å². The summed E-state index contributed by atoms with van der Waals surface area (Å²) in [6, 6.07) is 0. The summed E-state index contributed by atoms with van der Waals surface area (Å²) in [5.41, 5.74) is -1.56. The van der Waals surface area contributed by atoms with E-state index < -0.39 is 11.7 Å². The van der Waals surface area contributed by atoms with E-state index in [9.17, 15) is 13.2 Å². The molecular weight excluding hydrogens is 195 g/mol. The Morgan fingerprint density at radius 2 is 2.07 bits per heavy atom. The summed E-state index contributed by atoms with van der Waals surface area (Å²) in [6.07, 6.45) is -2.76. The molecule has 2 aliphatic rings. The largest absolute Gasteiger partial charge is 0.406 e. The van der Waals surface area contributed by atoms with E-state index in [-0.39, 0.29) is 18.8 Å². The van der Waals surface area contributed by atoms with Crippen LogP contribution in [-0.4, -0.2) is 31.5 Å². The van der Waals surface area contributed by atoms with Crippen molar-refractivity contribution in [3.63, 3.8) is 0 Å². The molecule has 14 heavy (non-hydrogen) atoms. The number of nitrogens with one attached hydrogen (secondary N) is 1. The Hall–Kier alpha value is -0.290. The van der Waals surface area contributed by atoms with Crippen molar-refractivity contribution in [2.24, 2.45) is 5.92 Å². The van der Waals surface area contributed by atoms with Gasteiger partial charge in [0.15, 0.2) is 0 Å². The van der Waals surface area contributed by atoms with Crippen molar-refractivity contribution in [3.8, 4) is 0 Å². The molecule has 0 amide bonds. The molecule has 1 saturated carbocycles. The van der Waals surface area contributed by atoms with Crippen molar-refractivity contribution < 1.29 is 17.9 Å². The van der Waals surface area contributed by atoms with Crippen LogP contribution in [0.5, 0.6) is 0 Å². The van der Waals surface area contributed by atoms with Crippen LogP contribution in [0, 0.1) is 5.92 Å². The van der Waals surface area contributed by atoms with Crippen LogP contribution in [0.1, 0.15) is 19.3 Å². The molecule has 0 aromatic heterocycles. The number of ether oxygens (including phenoxy) is 1. The van der Waals surface area contributed by atoms with E-state index in [0.717, 1.165) is 6.42 Å². The van der Waals surface area contributed by atoms with Gasteiger partial charge < -0.3 is 10.1 Å². The highest BCUT2D eigenvalue weighted by molar-refractivity contribution is 5.08. The van der Waals surface area contributed by atoms with Gasteiger partial charge in [-0.2, -0.15) is 13.2 Å². The summed E-state index contributed by atoms with van der Waals surface area (Å²) < 4.78 is 42.5. The minimum Gasteiger partial charge on any atom is -0.381 e. The summed E-state index contributed by atoms with van der Waals surface area (Å²) in [5, 5.41) is 2.65. The quantitative estimate of drug-likeness (QED) is 0.764. The molecule has 1 unspecified atom stereocenters. The molecule has 0 spiro atoms. The molecule has 5 heteroatoms. The number of halogens is 3. The molecule has 1 heterocycles. The molecule has 1 N–H and O–H groups in total. The standard InChI is InChI=1S/C9H14F3NO/c10-9(11,12)8(2-3-8)13-5-7-1-4-14-6-7/h7,13H,1-6H2. The third kappa shape index (κ3) is 1.88. The van der Waals surface area contributed by atoms with E-state index in [1.807, 2.05) is 0 Å². The maximum absolute atomic E-state index is 12.5. The predicted octanol–water partition coefficient (Wildman–Crippen LogP) is 1.71. The van der Waals surface area contributed by atoms with Crippen LogP contribution in [0.4, 0.5) is 13.2 Å². The van der Waals surface area contributed by atoms with Gasteiger partial charge in [0.1, 0.15) is 5.54 Å². The summed E-state index contributed by atoms with van der Waals surface area (Å²) in [7, 11) is 0. The van der Waals surface area contributed by atoms with Gasteiger partial charge >= 0.3 is 6.18 Å². The van der Waals surface area contributed by atoms with Crippen molar-refractivity contribution >= 4 is 0 Å². The SMILES string of the molecule is FC(F)(F)C1(NCC2CCOC2)CC1. The number of alkyl halides is 3. The number of hydrogen-bond donors (Lipinski definition) is 1. The lowest BCUT2D eigenvalue weighted by molar-refractivity contribution is -0.166. The first-order valence-electron chi connectivity index (χ1n) is 4.93. The molecular formula is C9H14F3NO. The molecule has 2 rings (SSSR count). The van der Waals surface area contributed by atoms with Gasteiger partial charge in [0.2, 0.25) is 0 Å². The van der Waals surface area contributed by atoms with Crippen molar-refractivity contribution in [2.75, 3.05) is 19.8 Å². The highest BCUT2D eigenvalue weighted by Crippen LogP contribution is 2.48. The van der Waals surface area contributed by atoms with Gasteiger partial charge in [-0.3, -0.25) is 0 Å². The fourth-order valence-electron chi connectivity index (χ4n) is 1.77. The fraction of sp³-hybridized carbons (Fsp3) is 1.00. The van der Waals surface area contributed by atoms with Gasteiger partial charge in [-0.05, 0) is 25.2 Å². The Balaban J connectivity index is 1.80. The van der Waals surface area contributed by atoms with Gasteiger partial charge in [-0.15, -0.1) is 0 Å². The summed E-state index contributed by atoms with van der Waals surface area (Å²) in [6.45, 7) is 1.71. The molecule has 1 atom stereocenters. The average molecular weight is 209 g/mol. The average Bonchev–Trinajstić information content (AvgIpc) is 2.72. The van der Waals surface area contributed by atoms with Crippen molar-refractivity contribution in [1.82, 2.24) is 5.32 Å². The van der Waals surface area contributed by atoms with Gasteiger partial charge in [-0.1, -0.05) is 0 Å². The van der Waals surface area contributed by atoms with E-state index in [2.05, 4.69) is 5.32 Å². The molecule has 1 aliphatic carbocycles. The van der Waals surface area contributed by atoms with Gasteiger partial charge in [0.25, 0.3) is 0 Å². The highest BCUT2D eigenvalue weighted by atomic mass is 19.4. The number of rotatable bonds is 3. The van der Waals surface area contributed by atoms with Gasteiger partial charge in [-0.25, -0.2) is 0 Å². The first-order valence-corrected chi connectivity index (χ1v) is 4.93.